The van der Waals surface area contributed by atoms with Crippen molar-refractivity contribution in [3.05, 3.63) is 35.6 Å². The number of rotatable bonds is 6. The number of hydrogen-bond acceptors (Lipinski definition) is 2. The quantitative estimate of drug-likeness (QED) is 0.728. The molecule has 0 aromatic heterocycles. The Balaban J connectivity index is 2.65. The molecule has 1 rings (SSSR count). The summed E-state index contributed by atoms with van der Waals surface area (Å²) in [6.07, 6.45) is 0.963. The summed E-state index contributed by atoms with van der Waals surface area (Å²) in [7, 11) is 0. The van der Waals surface area contributed by atoms with E-state index in [1.165, 1.54) is 12.1 Å². The number of benzene rings is 1. The molecule has 0 aliphatic carbocycles. The number of hydrogen-bond donors (Lipinski definition) is 2. The highest BCUT2D eigenvalue weighted by Crippen LogP contribution is 2.21. The number of halogens is 1. The SMILES string of the molecule is CC(C)C(NCCCN)c1ccc(F)cc1. The van der Waals surface area contributed by atoms with Crippen molar-refractivity contribution in [3.8, 4) is 0 Å². The van der Waals surface area contributed by atoms with E-state index in [9.17, 15) is 4.39 Å². The van der Waals surface area contributed by atoms with Crippen molar-refractivity contribution in [2.24, 2.45) is 11.7 Å². The summed E-state index contributed by atoms with van der Waals surface area (Å²) in [4.78, 5) is 0. The third-order valence-corrected chi connectivity index (χ3v) is 2.64. The monoisotopic (exact) mass is 224 g/mol. The van der Waals surface area contributed by atoms with Crippen LogP contribution in [-0.4, -0.2) is 13.1 Å². The van der Waals surface area contributed by atoms with Crippen LogP contribution in [0.15, 0.2) is 24.3 Å². The fraction of sp³-hybridized carbons (Fsp3) is 0.538. The third kappa shape index (κ3) is 3.91. The van der Waals surface area contributed by atoms with Gasteiger partial charge >= 0.3 is 0 Å². The van der Waals surface area contributed by atoms with Crippen molar-refractivity contribution in [2.45, 2.75) is 26.3 Å². The molecule has 0 saturated heterocycles. The molecule has 0 saturated carbocycles. The number of nitrogens with one attached hydrogen (secondary N) is 1. The van der Waals surface area contributed by atoms with Crippen LogP contribution in [0.1, 0.15) is 31.9 Å². The summed E-state index contributed by atoms with van der Waals surface area (Å²) in [5.41, 5.74) is 6.59. The molecular weight excluding hydrogens is 203 g/mol. The highest BCUT2D eigenvalue weighted by atomic mass is 19.1. The van der Waals surface area contributed by atoms with E-state index in [1.807, 2.05) is 12.1 Å². The molecule has 0 spiro atoms. The minimum absolute atomic E-state index is 0.187. The van der Waals surface area contributed by atoms with E-state index in [-0.39, 0.29) is 11.9 Å². The minimum atomic E-state index is -0.187. The lowest BCUT2D eigenvalue weighted by Crippen LogP contribution is -2.27. The lowest BCUT2D eigenvalue weighted by Gasteiger charge is -2.23. The summed E-state index contributed by atoms with van der Waals surface area (Å²) in [6, 6.07) is 6.97. The lowest BCUT2D eigenvalue weighted by molar-refractivity contribution is 0.410. The maximum absolute atomic E-state index is 12.8. The Morgan fingerprint density at radius 3 is 2.38 bits per heavy atom. The van der Waals surface area contributed by atoms with Crippen LogP contribution in [0.4, 0.5) is 4.39 Å². The molecule has 90 valence electrons. The van der Waals surface area contributed by atoms with E-state index in [1.54, 1.807) is 0 Å². The van der Waals surface area contributed by atoms with Crippen molar-refractivity contribution < 1.29 is 4.39 Å². The molecule has 3 N–H and O–H groups in total. The Morgan fingerprint density at radius 2 is 1.88 bits per heavy atom. The molecule has 0 heterocycles. The average Bonchev–Trinajstić information content (AvgIpc) is 2.26. The van der Waals surface area contributed by atoms with Crippen LogP contribution in [0.25, 0.3) is 0 Å². The van der Waals surface area contributed by atoms with Gasteiger partial charge in [0.15, 0.2) is 0 Å². The Labute approximate surface area is 97.0 Å². The van der Waals surface area contributed by atoms with Gasteiger partial charge in [-0.2, -0.15) is 0 Å². The van der Waals surface area contributed by atoms with Gasteiger partial charge in [0.1, 0.15) is 5.82 Å². The van der Waals surface area contributed by atoms with E-state index in [0.29, 0.717) is 12.5 Å². The molecule has 0 aliphatic rings. The van der Waals surface area contributed by atoms with Crippen LogP contribution in [0.3, 0.4) is 0 Å². The molecule has 0 radical (unpaired) electrons. The van der Waals surface area contributed by atoms with Crippen LogP contribution in [-0.2, 0) is 0 Å². The van der Waals surface area contributed by atoms with Crippen LogP contribution in [0, 0.1) is 11.7 Å². The summed E-state index contributed by atoms with van der Waals surface area (Å²) in [6.45, 7) is 5.91. The molecule has 1 atom stereocenters. The van der Waals surface area contributed by atoms with Gasteiger partial charge in [-0.15, -0.1) is 0 Å². The van der Waals surface area contributed by atoms with Gasteiger partial charge in [0.2, 0.25) is 0 Å². The van der Waals surface area contributed by atoms with Crippen LogP contribution < -0.4 is 11.1 Å². The Hall–Kier alpha value is -0.930. The largest absolute Gasteiger partial charge is 0.330 e. The summed E-state index contributed by atoms with van der Waals surface area (Å²) in [5, 5.41) is 3.45. The Morgan fingerprint density at radius 1 is 1.25 bits per heavy atom. The first kappa shape index (κ1) is 13.1. The predicted molar refractivity (Wildman–Crippen MR) is 65.7 cm³/mol. The van der Waals surface area contributed by atoms with Gasteiger partial charge < -0.3 is 11.1 Å². The second kappa shape index (κ2) is 6.61. The molecule has 0 fully saturated rings. The third-order valence-electron chi connectivity index (χ3n) is 2.64. The van der Waals surface area contributed by atoms with Crippen molar-refractivity contribution in [1.82, 2.24) is 5.32 Å². The standard InChI is InChI=1S/C13H21FN2/c1-10(2)13(16-9-3-8-15)11-4-6-12(14)7-5-11/h4-7,10,13,16H,3,8-9,15H2,1-2H3. The van der Waals surface area contributed by atoms with Gasteiger partial charge in [0.25, 0.3) is 0 Å². The van der Waals surface area contributed by atoms with Gasteiger partial charge in [0, 0.05) is 6.04 Å². The molecule has 16 heavy (non-hydrogen) atoms. The zero-order chi connectivity index (χ0) is 12.0. The summed E-state index contributed by atoms with van der Waals surface area (Å²) < 4.78 is 12.8. The summed E-state index contributed by atoms with van der Waals surface area (Å²) >= 11 is 0. The normalized spacial score (nSPS) is 13.1. The first-order valence-corrected chi connectivity index (χ1v) is 5.84. The van der Waals surface area contributed by atoms with E-state index >= 15 is 0 Å². The molecule has 1 aromatic rings. The van der Waals surface area contributed by atoms with Gasteiger partial charge in [-0.25, -0.2) is 4.39 Å². The predicted octanol–water partition coefficient (Wildman–Crippen LogP) is 2.46. The minimum Gasteiger partial charge on any atom is -0.330 e. The van der Waals surface area contributed by atoms with Gasteiger partial charge in [-0.1, -0.05) is 26.0 Å². The fourth-order valence-electron chi connectivity index (χ4n) is 1.77. The van der Waals surface area contributed by atoms with Crippen molar-refractivity contribution in [1.29, 1.82) is 0 Å². The zero-order valence-electron chi connectivity index (χ0n) is 10.0. The first-order valence-electron chi connectivity index (χ1n) is 5.84. The second-order valence-corrected chi connectivity index (χ2v) is 4.37. The molecule has 1 unspecified atom stereocenters. The smallest absolute Gasteiger partial charge is 0.123 e. The van der Waals surface area contributed by atoms with Gasteiger partial charge in [-0.3, -0.25) is 0 Å². The summed E-state index contributed by atoms with van der Waals surface area (Å²) in [5.74, 6) is 0.288. The highest BCUT2D eigenvalue weighted by Gasteiger charge is 2.14. The Kier molecular flexibility index (Phi) is 5.43. The van der Waals surface area contributed by atoms with Crippen molar-refractivity contribution >= 4 is 0 Å². The van der Waals surface area contributed by atoms with E-state index in [2.05, 4.69) is 19.2 Å². The second-order valence-electron chi connectivity index (χ2n) is 4.37. The maximum atomic E-state index is 12.8. The molecule has 3 heteroatoms. The van der Waals surface area contributed by atoms with Gasteiger partial charge in [0.05, 0.1) is 0 Å². The van der Waals surface area contributed by atoms with Gasteiger partial charge in [-0.05, 0) is 43.1 Å². The molecule has 0 bridgehead atoms. The topological polar surface area (TPSA) is 38.0 Å². The number of nitrogens with two attached hydrogens (primary N) is 1. The van der Waals surface area contributed by atoms with E-state index in [4.69, 9.17) is 5.73 Å². The van der Waals surface area contributed by atoms with Crippen LogP contribution in [0.5, 0.6) is 0 Å². The molecule has 1 aromatic carbocycles. The zero-order valence-corrected chi connectivity index (χ0v) is 10.0. The molecule has 2 nitrogen and oxygen atoms in total. The maximum Gasteiger partial charge on any atom is 0.123 e. The van der Waals surface area contributed by atoms with Crippen LogP contribution >= 0.6 is 0 Å². The highest BCUT2D eigenvalue weighted by molar-refractivity contribution is 5.20. The lowest BCUT2D eigenvalue weighted by atomic mass is 9.96. The first-order chi connectivity index (χ1) is 7.65. The Bertz CT molecular complexity index is 295. The van der Waals surface area contributed by atoms with Crippen LogP contribution in [0.2, 0.25) is 0 Å². The molecule has 0 amide bonds. The van der Waals surface area contributed by atoms with E-state index < -0.39 is 0 Å². The van der Waals surface area contributed by atoms with Crippen molar-refractivity contribution in [3.63, 3.8) is 0 Å². The average molecular weight is 224 g/mol. The van der Waals surface area contributed by atoms with E-state index in [0.717, 1.165) is 18.5 Å². The molecule has 0 aliphatic heterocycles. The fourth-order valence-corrected chi connectivity index (χ4v) is 1.77. The molecular formula is C13H21FN2. The van der Waals surface area contributed by atoms with Crippen molar-refractivity contribution in [2.75, 3.05) is 13.1 Å².